The Morgan fingerprint density at radius 3 is 2.54 bits per heavy atom. The molecule has 1 aromatic heterocycles. The molecule has 5 rings (SSSR count). The van der Waals surface area contributed by atoms with Gasteiger partial charge < -0.3 is 9.47 Å². The van der Waals surface area contributed by atoms with Crippen molar-refractivity contribution in [2.45, 2.75) is 50.6 Å². The Morgan fingerprint density at radius 1 is 1.14 bits per heavy atom. The third-order valence-electron chi connectivity index (χ3n) is 7.12. The lowest BCUT2D eigenvalue weighted by Gasteiger charge is -2.50. The minimum absolute atomic E-state index is 0.0386. The van der Waals surface area contributed by atoms with Crippen LogP contribution in [0.2, 0.25) is 0 Å². The van der Waals surface area contributed by atoms with Crippen molar-refractivity contribution in [2.24, 2.45) is 12.5 Å². The van der Waals surface area contributed by atoms with Crippen LogP contribution in [0.25, 0.3) is 0 Å². The van der Waals surface area contributed by atoms with Gasteiger partial charge in [0.25, 0.3) is 0 Å². The summed E-state index contributed by atoms with van der Waals surface area (Å²) in [5, 5.41) is 0. The molecule has 3 aliphatic rings. The molecular weight excluding hydrogens is 348 g/mol. The number of carbonyl (C=O) groups is 1. The third-order valence-corrected chi connectivity index (χ3v) is 7.12. The lowest BCUT2D eigenvalue weighted by atomic mass is 9.67. The predicted molar refractivity (Wildman–Crippen MR) is 109 cm³/mol. The predicted octanol–water partition coefficient (Wildman–Crippen LogP) is 3.18. The number of aryl methyl sites for hydroxylation is 1. The molecule has 0 radical (unpaired) electrons. The second-order valence-corrected chi connectivity index (χ2v) is 9.10. The molecule has 3 heterocycles. The molecule has 1 atom stereocenters. The van der Waals surface area contributed by atoms with Gasteiger partial charge in [0.05, 0.1) is 12.5 Å². The van der Waals surface area contributed by atoms with Crippen molar-refractivity contribution >= 4 is 5.91 Å². The first-order valence-corrected chi connectivity index (χ1v) is 10.7. The summed E-state index contributed by atoms with van der Waals surface area (Å²) in [6.07, 6.45) is 9.64. The molecule has 0 bridgehead atoms. The Bertz CT molecular complexity index is 833. The number of imidazole rings is 1. The minimum Gasteiger partial charge on any atom is -0.339 e. The first kappa shape index (κ1) is 17.9. The van der Waals surface area contributed by atoms with Gasteiger partial charge in [-0.2, -0.15) is 0 Å². The van der Waals surface area contributed by atoms with E-state index in [9.17, 15) is 4.79 Å². The molecule has 1 aromatic carbocycles. The maximum absolute atomic E-state index is 13.3. The van der Waals surface area contributed by atoms with E-state index < -0.39 is 0 Å². The number of rotatable bonds is 4. The molecule has 5 nitrogen and oxygen atoms in total. The van der Waals surface area contributed by atoms with E-state index in [1.54, 1.807) is 0 Å². The molecule has 1 amide bonds. The third kappa shape index (κ3) is 3.37. The van der Waals surface area contributed by atoms with Crippen LogP contribution in [0, 0.1) is 5.41 Å². The summed E-state index contributed by atoms with van der Waals surface area (Å²) in [5.74, 6) is 1.54. The highest BCUT2D eigenvalue weighted by atomic mass is 16.2. The van der Waals surface area contributed by atoms with Gasteiger partial charge in [0, 0.05) is 32.0 Å². The number of hydrogen-bond donors (Lipinski definition) is 0. The van der Waals surface area contributed by atoms with Gasteiger partial charge >= 0.3 is 0 Å². The highest BCUT2D eigenvalue weighted by Crippen LogP contribution is 2.48. The summed E-state index contributed by atoms with van der Waals surface area (Å²) in [7, 11) is 2.07. The molecule has 1 unspecified atom stereocenters. The topological polar surface area (TPSA) is 41.4 Å². The molecule has 2 aromatic rings. The molecule has 1 spiro atoms. The van der Waals surface area contributed by atoms with Gasteiger partial charge in [-0.05, 0) is 56.2 Å². The van der Waals surface area contributed by atoms with E-state index in [4.69, 9.17) is 0 Å². The minimum atomic E-state index is 0.0386. The Hall–Kier alpha value is -2.14. The first-order valence-electron chi connectivity index (χ1n) is 10.7. The maximum atomic E-state index is 13.3. The fourth-order valence-corrected chi connectivity index (χ4v) is 5.16. The van der Waals surface area contributed by atoms with Crippen LogP contribution >= 0.6 is 0 Å². The average Bonchev–Trinajstić information content (AvgIpc) is 3.49. The van der Waals surface area contributed by atoms with E-state index in [1.807, 2.05) is 18.5 Å². The van der Waals surface area contributed by atoms with Crippen LogP contribution in [0.1, 0.15) is 49.4 Å². The summed E-state index contributed by atoms with van der Waals surface area (Å²) in [5.41, 5.74) is 1.47. The monoisotopic (exact) mass is 378 g/mol. The second kappa shape index (κ2) is 7.03. The van der Waals surface area contributed by atoms with E-state index >= 15 is 0 Å². The molecule has 148 valence electrons. The van der Waals surface area contributed by atoms with Gasteiger partial charge in [-0.25, -0.2) is 4.98 Å². The Kier molecular flexibility index (Phi) is 4.50. The number of amides is 1. The molecular formula is C23H30N4O. The molecule has 1 saturated carbocycles. The number of piperidine rings is 2. The number of likely N-dealkylation sites (tertiary alicyclic amines) is 2. The number of carbonyl (C=O) groups excluding carboxylic acids is 1. The molecule has 5 heteroatoms. The van der Waals surface area contributed by atoms with Gasteiger partial charge in [0.1, 0.15) is 5.82 Å². The largest absolute Gasteiger partial charge is 0.339 e. The highest BCUT2D eigenvalue weighted by Gasteiger charge is 2.49. The standard InChI is InChI=1S/C23H30N4O/c1-25-14-11-24-21(25)16-26-12-9-23(10-13-26)15-20(18-5-3-2-4-6-18)22(28)27(17-23)19-7-8-19/h2-6,11,14,19-20H,7-10,12-13,15-17H2,1H3. The van der Waals surface area contributed by atoms with Crippen LogP contribution in [-0.4, -0.2) is 50.9 Å². The summed E-state index contributed by atoms with van der Waals surface area (Å²) < 4.78 is 2.11. The smallest absolute Gasteiger partial charge is 0.230 e. The van der Waals surface area contributed by atoms with Crippen LogP contribution in [0.5, 0.6) is 0 Å². The van der Waals surface area contributed by atoms with Gasteiger partial charge in [0.2, 0.25) is 5.91 Å². The van der Waals surface area contributed by atoms with Crippen LogP contribution in [0.15, 0.2) is 42.7 Å². The zero-order valence-corrected chi connectivity index (χ0v) is 16.8. The molecule has 3 fully saturated rings. The van der Waals surface area contributed by atoms with Gasteiger partial charge in [0.15, 0.2) is 0 Å². The van der Waals surface area contributed by atoms with E-state index in [0.29, 0.717) is 11.9 Å². The van der Waals surface area contributed by atoms with Gasteiger partial charge in [-0.3, -0.25) is 9.69 Å². The first-order chi connectivity index (χ1) is 13.6. The SMILES string of the molecule is Cn1ccnc1CN1CCC2(CC1)CC(c1ccccc1)C(=O)N(C1CC1)C2. The van der Waals surface area contributed by atoms with Crippen LogP contribution in [-0.2, 0) is 18.4 Å². The molecule has 1 aliphatic carbocycles. The molecule has 0 N–H and O–H groups in total. The van der Waals surface area contributed by atoms with Gasteiger partial charge in [-0.15, -0.1) is 0 Å². The summed E-state index contributed by atoms with van der Waals surface area (Å²) in [6, 6.07) is 11.0. The number of aromatic nitrogens is 2. The summed E-state index contributed by atoms with van der Waals surface area (Å²) >= 11 is 0. The van der Waals surface area contributed by atoms with Gasteiger partial charge in [-0.1, -0.05) is 30.3 Å². The lowest BCUT2D eigenvalue weighted by molar-refractivity contribution is -0.142. The highest BCUT2D eigenvalue weighted by molar-refractivity contribution is 5.85. The van der Waals surface area contributed by atoms with E-state index in [0.717, 1.165) is 38.4 Å². The molecule has 2 saturated heterocycles. The van der Waals surface area contributed by atoms with E-state index in [1.165, 1.54) is 31.2 Å². The fourth-order valence-electron chi connectivity index (χ4n) is 5.16. The Morgan fingerprint density at radius 2 is 1.89 bits per heavy atom. The molecule has 28 heavy (non-hydrogen) atoms. The van der Waals surface area contributed by atoms with Crippen LogP contribution in [0.4, 0.5) is 0 Å². The zero-order chi connectivity index (χ0) is 19.1. The zero-order valence-electron chi connectivity index (χ0n) is 16.8. The number of nitrogens with zero attached hydrogens (tertiary/aromatic N) is 4. The summed E-state index contributed by atoms with van der Waals surface area (Å²) in [4.78, 5) is 22.5. The number of benzene rings is 1. The normalized spacial score (nSPS) is 25.4. The van der Waals surface area contributed by atoms with Crippen LogP contribution < -0.4 is 0 Å². The molecule has 2 aliphatic heterocycles. The van der Waals surface area contributed by atoms with E-state index in [2.05, 4.69) is 50.7 Å². The second-order valence-electron chi connectivity index (χ2n) is 9.10. The average molecular weight is 379 g/mol. The van der Waals surface area contributed by atoms with Crippen LogP contribution in [0.3, 0.4) is 0 Å². The number of hydrogen-bond acceptors (Lipinski definition) is 3. The van der Waals surface area contributed by atoms with Crippen molar-refractivity contribution in [1.82, 2.24) is 19.4 Å². The summed E-state index contributed by atoms with van der Waals surface area (Å²) in [6.45, 7) is 4.09. The Labute approximate surface area is 167 Å². The van der Waals surface area contributed by atoms with Crippen molar-refractivity contribution < 1.29 is 4.79 Å². The maximum Gasteiger partial charge on any atom is 0.230 e. The van der Waals surface area contributed by atoms with Crippen molar-refractivity contribution in [3.05, 3.63) is 54.1 Å². The Balaban J connectivity index is 1.33. The quantitative estimate of drug-likeness (QED) is 0.821. The van der Waals surface area contributed by atoms with Crippen molar-refractivity contribution in [1.29, 1.82) is 0 Å². The lowest BCUT2D eigenvalue weighted by Crippen LogP contribution is -2.54. The van der Waals surface area contributed by atoms with Crippen molar-refractivity contribution in [3.63, 3.8) is 0 Å². The fraction of sp³-hybridized carbons (Fsp3) is 0.565. The van der Waals surface area contributed by atoms with E-state index in [-0.39, 0.29) is 11.3 Å². The van der Waals surface area contributed by atoms with Crippen molar-refractivity contribution in [2.75, 3.05) is 19.6 Å². The van der Waals surface area contributed by atoms with Crippen molar-refractivity contribution in [3.8, 4) is 0 Å².